The molecule has 0 bridgehead atoms. The van der Waals surface area contributed by atoms with E-state index >= 15 is 0 Å². The van der Waals surface area contributed by atoms with E-state index in [1.807, 2.05) is 23.1 Å². The molecule has 1 N–H and O–H groups in total. The highest BCUT2D eigenvalue weighted by atomic mass is 16.2. The van der Waals surface area contributed by atoms with Crippen molar-refractivity contribution in [2.75, 3.05) is 19.6 Å². The molecule has 1 aliphatic rings. The third-order valence-corrected chi connectivity index (χ3v) is 3.67. The van der Waals surface area contributed by atoms with Crippen LogP contribution in [-0.4, -0.2) is 36.5 Å². The van der Waals surface area contributed by atoms with Crippen molar-refractivity contribution in [3.8, 4) is 0 Å². The monoisotopic (exact) mass is 246 g/mol. The summed E-state index contributed by atoms with van der Waals surface area (Å²) in [6, 6.07) is 10.6. The fourth-order valence-electron chi connectivity index (χ4n) is 2.49. The first-order valence-corrected chi connectivity index (χ1v) is 6.73. The Labute approximate surface area is 109 Å². The van der Waals surface area contributed by atoms with Crippen LogP contribution in [0.4, 0.5) is 0 Å². The molecule has 1 aromatic rings. The van der Waals surface area contributed by atoms with E-state index in [1.165, 1.54) is 5.56 Å². The van der Waals surface area contributed by atoms with Gasteiger partial charge in [0, 0.05) is 32.1 Å². The predicted molar refractivity (Wildman–Crippen MR) is 73.5 cm³/mol. The number of hydrogen-bond acceptors (Lipinski definition) is 2. The van der Waals surface area contributed by atoms with Crippen LogP contribution >= 0.6 is 0 Å². The lowest BCUT2D eigenvalue weighted by atomic mass is 9.97. The topological polar surface area (TPSA) is 32.3 Å². The summed E-state index contributed by atoms with van der Waals surface area (Å²) in [4.78, 5) is 14.3. The molecule has 2 rings (SSSR count). The first-order valence-electron chi connectivity index (χ1n) is 6.73. The summed E-state index contributed by atoms with van der Waals surface area (Å²) < 4.78 is 0. The number of rotatable bonds is 3. The zero-order valence-corrected chi connectivity index (χ0v) is 11.2. The van der Waals surface area contributed by atoms with Crippen LogP contribution in [0, 0.1) is 0 Å². The summed E-state index contributed by atoms with van der Waals surface area (Å²) >= 11 is 0. The Morgan fingerprint density at radius 3 is 2.83 bits per heavy atom. The van der Waals surface area contributed by atoms with Gasteiger partial charge in [-0.15, -0.1) is 0 Å². The van der Waals surface area contributed by atoms with E-state index in [-0.39, 0.29) is 5.91 Å². The Morgan fingerprint density at radius 2 is 2.17 bits per heavy atom. The fourth-order valence-corrected chi connectivity index (χ4v) is 2.49. The fraction of sp³-hybridized carbons (Fsp3) is 0.533. The van der Waals surface area contributed by atoms with E-state index in [0.717, 1.165) is 19.6 Å². The first-order chi connectivity index (χ1) is 8.68. The Hall–Kier alpha value is -1.35. The van der Waals surface area contributed by atoms with Gasteiger partial charge in [-0.2, -0.15) is 0 Å². The van der Waals surface area contributed by atoms with Gasteiger partial charge < -0.3 is 10.2 Å². The van der Waals surface area contributed by atoms with Crippen LogP contribution in [0.3, 0.4) is 0 Å². The third kappa shape index (κ3) is 3.10. The van der Waals surface area contributed by atoms with E-state index in [0.29, 0.717) is 18.4 Å². The molecule has 1 saturated heterocycles. The van der Waals surface area contributed by atoms with Crippen LogP contribution in [0.5, 0.6) is 0 Å². The normalized spacial score (nSPS) is 21.7. The molecule has 2 atom stereocenters. The van der Waals surface area contributed by atoms with Crippen LogP contribution in [-0.2, 0) is 4.79 Å². The maximum atomic E-state index is 12.3. The van der Waals surface area contributed by atoms with E-state index in [1.54, 1.807) is 0 Å². The molecule has 1 aromatic carbocycles. The lowest BCUT2D eigenvalue weighted by molar-refractivity contribution is -0.134. The lowest BCUT2D eigenvalue weighted by Gasteiger charge is -2.34. The number of carbonyl (C=O) groups is 1. The van der Waals surface area contributed by atoms with Crippen molar-refractivity contribution in [3.63, 3.8) is 0 Å². The van der Waals surface area contributed by atoms with Crippen molar-refractivity contribution < 1.29 is 4.79 Å². The maximum absolute atomic E-state index is 12.3. The summed E-state index contributed by atoms with van der Waals surface area (Å²) in [5.41, 5.74) is 1.24. The lowest BCUT2D eigenvalue weighted by Crippen LogP contribution is -2.52. The second kappa shape index (κ2) is 6.01. The molecule has 0 saturated carbocycles. The Morgan fingerprint density at radius 1 is 1.44 bits per heavy atom. The number of amides is 1. The van der Waals surface area contributed by atoms with Gasteiger partial charge in [0.2, 0.25) is 5.91 Å². The molecule has 3 nitrogen and oxygen atoms in total. The standard InChI is InChI=1S/C15H22N2O/c1-12(14-6-4-3-5-7-14)10-15(18)17-9-8-16-11-13(17)2/h3-7,12-13,16H,8-11H2,1-2H3/t12?,13-/m1/s1. The molecule has 1 amide bonds. The Kier molecular flexibility index (Phi) is 4.37. The number of piperazine rings is 1. The number of nitrogens with zero attached hydrogens (tertiary/aromatic N) is 1. The van der Waals surface area contributed by atoms with E-state index < -0.39 is 0 Å². The van der Waals surface area contributed by atoms with Gasteiger partial charge >= 0.3 is 0 Å². The van der Waals surface area contributed by atoms with Crippen LogP contribution in [0.1, 0.15) is 31.7 Å². The minimum Gasteiger partial charge on any atom is -0.337 e. The zero-order chi connectivity index (χ0) is 13.0. The summed E-state index contributed by atoms with van der Waals surface area (Å²) in [6.45, 7) is 6.89. The van der Waals surface area contributed by atoms with Crippen molar-refractivity contribution in [2.45, 2.75) is 32.2 Å². The minimum atomic E-state index is 0.278. The van der Waals surface area contributed by atoms with Gasteiger partial charge in [-0.25, -0.2) is 0 Å². The second-order valence-electron chi connectivity index (χ2n) is 5.16. The van der Waals surface area contributed by atoms with Crippen molar-refractivity contribution >= 4 is 5.91 Å². The van der Waals surface area contributed by atoms with E-state index in [2.05, 4.69) is 31.3 Å². The smallest absolute Gasteiger partial charge is 0.223 e. The molecule has 3 heteroatoms. The Bertz CT molecular complexity index is 391. The average Bonchev–Trinajstić information content (AvgIpc) is 2.40. The molecule has 0 aromatic heterocycles. The zero-order valence-electron chi connectivity index (χ0n) is 11.2. The van der Waals surface area contributed by atoms with Crippen molar-refractivity contribution in [1.82, 2.24) is 10.2 Å². The van der Waals surface area contributed by atoms with Crippen molar-refractivity contribution in [3.05, 3.63) is 35.9 Å². The number of nitrogens with one attached hydrogen (secondary N) is 1. The van der Waals surface area contributed by atoms with Crippen LogP contribution in [0.2, 0.25) is 0 Å². The minimum absolute atomic E-state index is 0.278. The van der Waals surface area contributed by atoms with Gasteiger partial charge in [0.1, 0.15) is 0 Å². The van der Waals surface area contributed by atoms with E-state index in [4.69, 9.17) is 0 Å². The third-order valence-electron chi connectivity index (χ3n) is 3.67. The average molecular weight is 246 g/mol. The highest BCUT2D eigenvalue weighted by molar-refractivity contribution is 5.77. The van der Waals surface area contributed by atoms with Crippen molar-refractivity contribution in [1.29, 1.82) is 0 Å². The number of hydrogen-bond donors (Lipinski definition) is 1. The summed E-state index contributed by atoms with van der Waals surface area (Å²) in [5, 5.41) is 3.31. The summed E-state index contributed by atoms with van der Waals surface area (Å²) in [6.07, 6.45) is 0.606. The van der Waals surface area contributed by atoms with Gasteiger partial charge in [0.25, 0.3) is 0 Å². The van der Waals surface area contributed by atoms with Crippen LogP contribution in [0.15, 0.2) is 30.3 Å². The summed E-state index contributed by atoms with van der Waals surface area (Å²) in [5.74, 6) is 0.570. The molecule has 0 radical (unpaired) electrons. The molecule has 1 unspecified atom stereocenters. The molecular weight excluding hydrogens is 224 g/mol. The molecule has 1 fully saturated rings. The highest BCUT2D eigenvalue weighted by Crippen LogP contribution is 2.20. The molecule has 98 valence electrons. The molecule has 1 heterocycles. The number of benzene rings is 1. The highest BCUT2D eigenvalue weighted by Gasteiger charge is 2.24. The van der Waals surface area contributed by atoms with Crippen LogP contribution < -0.4 is 5.32 Å². The van der Waals surface area contributed by atoms with E-state index in [9.17, 15) is 4.79 Å². The second-order valence-corrected chi connectivity index (χ2v) is 5.16. The maximum Gasteiger partial charge on any atom is 0.223 e. The molecule has 0 spiro atoms. The van der Waals surface area contributed by atoms with Gasteiger partial charge in [-0.05, 0) is 18.4 Å². The molecule has 18 heavy (non-hydrogen) atoms. The Balaban J connectivity index is 1.94. The molecular formula is C15H22N2O. The van der Waals surface area contributed by atoms with Crippen molar-refractivity contribution in [2.24, 2.45) is 0 Å². The molecule has 0 aliphatic carbocycles. The van der Waals surface area contributed by atoms with Gasteiger partial charge in [-0.1, -0.05) is 37.3 Å². The summed E-state index contributed by atoms with van der Waals surface area (Å²) in [7, 11) is 0. The number of carbonyl (C=O) groups excluding carboxylic acids is 1. The molecule has 1 aliphatic heterocycles. The van der Waals surface area contributed by atoms with Gasteiger partial charge in [-0.3, -0.25) is 4.79 Å². The first kappa shape index (κ1) is 13.1. The largest absolute Gasteiger partial charge is 0.337 e. The van der Waals surface area contributed by atoms with Crippen LogP contribution in [0.25, 0.3) is 0 Å². The van der Waals surface area contributed by atoms with Gasteiger partial charge in [0.05, 0.1) is 0 Å². The quantitative estimate of drug-likeness (QED) is 0.884. The predicted octanol–water partition coefficient (Wildman–Crippen LogP) is 2.00. The van der Waals surface area contributed by atoms with Gasteiger partial charge in [0.15, 0.2) is 0 Å². The SMILES string of the molecule is CC(CC(=O)N1CCNC[C@H]1C)c1ccccc1.